The van der Waals surface area contributed by atoms with Crippen LogP contribution in [-0.2, 0) is 4.79 Å². The summed E-state index contributed by atoms with van der Waals surface area (Å²) in [5, 5.41) is 17.2. The highest BCUT2D eigenvalue weighted by Gasteiger charge is 2.21. The van der Waals surface area contributed by atoms with Crippen LogP contribution >= 0.6 is 0 Å². The highest BCUT2D eigenvalue weighted by molar-refractivity contribution is 5.68. The van der Waals surface area contributed by atoms with E-state index in [4.69, 9.17) is 15.9 Å². The number of carbonyl (C=O) groups is 1. The quantitative estimate of drug-likeness (QED) is 0.469. The molecule has 0 aliphatic heterocycles. The van der Waals surface area contributed by atoms with Gasteiger partial charge in [0, 0.05) is 6.54 Å². The molecule has 0 saturated heterocycles. The van der Waals surface area contributed by atoms with E-state index in [2.05, 4.69) is 0 Å². The van der Waals surface area contributed by atoms with Crippen molar-refractivity contribution in [1.82, 2.24) is 0 Å². The van der Waals surface area contributed by atoms with Crippen LogP contribution in [0.1, 0.15) is 13.3 Å². The van der Waals surface area contributed by atoms with Crippen LogP contribution in [-0.4, -0.2) is 28.3 Å². The number of carboxylic acids is 1. The molecule has 0 amide bonds. The first-order valence-electron chi connectivity index (χ1n) is 2.62. The van der Waals surface area contributed by atoms with Crippen LogP contribution in [0, 0.1) is 0 Å². The van der Waals surface area contributed by atoms with Crippen LogP contribution in [0.3, 0.4) is 0 Å². The molecule has 0 aromatic rings. The minimum Gasteiger partial charge on any atom is -0.481 e. The summed E-state index contributed by atoms with van der Waals surface area (Å²) in [6.45, 7) is 1.36. The van der Waals surface area contributed by atoms with Crippen LogP contribution in [0.2, 0.25) is 0 Å². The molecule has 0 bridgehead atoms. The fraction of sp³-hybridized carbons (Fsp3) is 0.800. The average molecular weight is 133 g/mol. The maximum atomic E-state index is 9.96. The normalized spacial score (nSPS) is 16.8. The van der Waals surface area contributed by atoms with Gasteiger partial charge in [-0.1, -0.05) is 0 Å². The third kappa shape index (κ3) is 3.93. The minimum absolute atomic E-state index is 0.0285. The molecule has 0 saturated carbocycles. The summed E-state index contributed by atoms with van der Waals surface area (Å²) in [5.74, 6) is -1.04. The van der Waals surface area contributed by atoms with E-state index in [1.54, 1.807) is 0 Å². The van der Waals surface area contributed by atoms with Gasteiger partial charge in [-0.25, -0.2) is 0 Å². The second-order valence-electron chi connectivity index (χ2n) is 2.27. The molecule has 0 aromatic carbocycles. The van der Waals surface area contributed by atoms with Crippen molar-refractivity contribution in [3.8, 4) is 0 Å². The first-order valence-corrected chi connectivity index (χ1v) is 2.62. The van der Waals surface area contributed by atoms with Gasteiger partial charge in [0.25, 0.3) is 0 Å². The third-order valence-electron chi connectivity index (χ3n) is 0.972. The van der Waals surface area contributed by atoms with Crippen molar-refractivity contribution in [1.29, 1.82) is 0 Å². The standard InChI is InChI=1S/C5H11NO3/c1-5(9,3-6)2-4(7)8/h9H,2-3,6H2,1H3,(H,7,8). The number of aliphatic hydroxyl groups is 1. The van der Waals surface area contributed by atoms with E-state index >= 15 is 0 Å². The molecule has 0 radical (unpaired) electrons. The van der Waals surface area contributed by atoms with E-state index in [-0.39, 0.29) is 13.0 Å². The van der Waals surface area contributed by atoms with Gasteiger partial charge in [-0.3, -0.25) is 4.79 Å². The van der Waals surface area contributed by atoms with Gasteiger partial charge in [-0.2, -0.15) is 0 Å². The monoisotopic (exact) mass is 133 g/mol. The van der Waals surface area contributed by atoms with Crippen molar-refractivity contribution in [3.05, 3.63) is 0 Å². The van der Waals surface area contributed by atoms with Crippen molar-refractivity contribution in [3.63, 3.8) is 0 Å². The number of hydrogen-bond acceptors (Lipinski definition) is 3. The molecular weight excluding hydrogens is 122 g/mol. The van der Waals surface area contributed by atoms with Gasteiger partial charge in [0.2, 0.25) is 0 Å². The van der Waals surface area contributed by atoms with Gasteiger partial charge >= 0.3 is 5.97 Å². The first kappa shape index (κ1) is 8.39. The molecule has 0 aliphatic carbocycles. The van der Waals surface area contributed by atoms with Crippen molar-refractivity contribution in [2.45, 2.75) is 18.9 Å². The van der Waals surface area contributed by atoms with Crippen LogP contribution in [0.5, 0.6) is 0 Å². The summed E-state index contributed by atoms with van der Waals surface area (Å²) in [7, 11) is 0. The minimum atomic E-state index is -1.26. The Labute approximate surface area is 53.3 Å². The summed E-state index contributed by atoms with van der Waals surface area (Å²) in [5.41, 5.74) is 3.78. The predicted molar refractivity (Wildman–Crippen MR) is 31.9 cm³/mol. The zero-order valence-corrected chi connectivity index (χ0v) is 5.29. The van der Waals surface area contributed by atoms with E-state index in [1.807, 2.05) is 0 Å². The smallest absolute Gasteiger partial charge is 0.306 e. The Bertz CT molecular complexity index is 111. The molecule has 4 N–H and O–H groups in total. The fourth-order valence-corrected chi connectivity index (χ4v) is 0.398. The maximum Gasteiger partial charge on any atom is 0.306 e. The van der Waals surface area contributed by atoms with E-state index in [0.29, 0.717) is 0 Å². The Hall–Kier alpha value is -0.610. The second-order valence-corrected chi connectivity index (χ2v) is 2.27. The fourth-order valence-electron chi connectivity index (χ4n) is 0.398. The lowest BCUT2D eigenvalue weighted by molar-refractivity contribution is -0.141. The molecule has 0 spiro atoms. The maximum absolute atomic E-state index is 9.96. The van der Waals surface area contributed by atoms with Crippen LogP contribution < -0.4 is 5.73 Å². The molecule has 0 aliphatic rings. The van der Waals surface area contributed by atoms with Crippen molar-refractivity contribution >= 4 is 5.97 Å². The molecule has 0 fully saturated rings. The zero-order valence-electron chi connectivity index (χ0n) is 5.29. The lowest BCUT2D eigenvalue weighted by Gasteiger charge is -2.17. The summed E-state index contributed by atoms with van der Waals surface area (Å²) in [6.07, 6.45) is -0.302. The molecule has 9 heavy (non-hydrogen) atoms. The molecule has 0 heterocycles. The zero-order chi connectivity index (χ0) is 7.49. The molecule has 1 unspecified atom stereocenters. The Kier molecular flexibility index (Phi) is 2.61. The van der Waals surface area contributed by atoms with Crippen LogP contribution in [0.4, 0.5) is 0 Å². The van der Waals surface area contributed by atoms with E-state index in [1.165, 1.54) is 6.92 Å². The van der Waals surface area contributed by atoms with Gasteiger partial charge in [0.05, 0.1) is 12.0 Å². The highest BCUT2D eigenvalue weighted by atomic mass is 16.4. The molecule has 4 heteroatoms. The second kappa shape index (κ2) is 2.80. The van der Waals surface area contributed by atoms with Gasteiger partial charge < -0.3 is 15.9 Å². The lowest BCUT2D eigenvalue weighted by Crippen LogP contribution is -2.36. The predicted octanol–water partition coefficient (Wildman–Crippen LogP) is -0.829. The number of nitrogens with two attached hydrogens (primary N) is 1. The largest absolute Gasteiger partial charge is 0.481 e. The third-order valence-corrected chi connectivity index (χ3v) is 0.972. The Morgan fingerprint density at radius 2 is 2.22 bits per heavy atom. The summed E-state index contributed by atoms with van der Waals surface area (Å²) < 4.78 is 0. The number of rotatable bonds is 3. The van der Waals surface area contributed by atoms with Gasteiger partial charge in [0.1, 0.15) is 0 Å². The molecule has 4 nitrogen and oxygen atoms in total. The summed E-state index contributed by atoms with van der Waals surface area (Å²) in [4.78, 5) is 9.96. The van der Waals surface area contributed by atoms with Crippen LogP contribution in [0.15, 0.2) is 0 Å². The highest BCUT2D eigenvalue weighted by Crippen LogP contribution is 2.05. The lowest BCUT2D eigenvalue weighted by atomic mass is 10.0. The molecule has 0 aromatic heterocycles. The van der Waals surface area contributed by atoms with Crippen molar-refractivity contribution in [2.24, 2.45) is 5.73 Å². The van der Waals surface area contributed by atoms with E-state index in [9.17, 15) is 4.79 Å². The number of carboxylic acid groups (broad SMARTS) is 1. The van der Waals surface area contributed by atoms with Gasteiger partial charge in [-0.05, 0) is 6.92 Å². The number of hydrogen-bond donors (Lipinski definition) is 3. The van der Waals surface area contributed by atoms with Gasteiger partial charge in [0.15, 0.2) is 0 Å². The topological polar surface area (TPSA) is 83.5 Å². The Balaban J connectivity index is 3.71. The number of aliphatic carboxylic acids is 1. The van der Waals surface area contributed by atoms with Crippen molar-refractivity contribution in [2.75, 3.05) is 6.54 Å². The molecule has 54 valence electrons. The Morgan fingerprint density at radius 1 is 1.78 bits per heavy atom. The molecular formula is C5H11NO3. The van der Waals surface area contributed by atoms with Crippen LogP contribution in [0.25, 0.3) is 0 Å². The SMILES string of the molecule is CC(O)(CN)CC(=O)O. The summed E-state index contributed by atoms with van der Waals surface area (Å²) >= 11 is 0. The Morgan fingerprint density at radius 3 is 2.33 bits per heavy atom. The summed E-state index contributed by atoms with van der Waals surface area (Å²) in [6, 6.07) is 0. The van der Waals surface area contributed by atoms with E-state index < -0.39 is 11.6 Å². The average Bonchev–Trinajstić information content (AvgIpc) is 1.63. The van der Waals surface area contributed by atoms with E-state index in [0.717, 1.165) is 0 Å². The van der Waals surface area contributed by atoms with Gasteiger partial charge in [-0.15, -0.1) is 0 Å². The first-order chi connectivity index (χ1) is 3.98. The molecule has 1 atom stereocenters. The molecule has 0 rings (SSSR count). The van der Waals surface area contributed by atoms with Crippen molar-refractivity contribution < 1.29 is 15.0 Å².